The number of nitrogens with zero attached hydrogens (tertiary/aromatic N) is 2. The lowest BCUT2D eigenvalue weighted by atomic mass is 10.0. The number of aromatic amines is 1. The van der Waals surface area contributed by atoms with Crippen molar-refractivity contribution in [1.29, 1.82) is 0 Å². The largest absolute Gasteiger partial charge is 0.355 e. The molecule has 3 N–H and O–H groups in total. The lowest BCUT2D eigenvalue weighted by molar-refractivity contribution is -0.115. The van der Waals surface area contributed by atoms with Crippen LogP contribution in [-0.2, 0) is 4.79 Å². The van der Waals surface area contributed by atoms with Gasteiger partial charge in [0.05, 0.1) is 0 Å². The summed E-state index contributed by atoms with van der Waals surface area (Å²) in [6, 6.07) is 10.3. The highest BCUT2D eigenvalue weighted by atomic mass is 16.2. The minimum atomic E-state index is -0.185. The van der Waals surface area contributed by atoms with Crippen molar-refractivity contribution in [3.8, 4) is 11.1 Å². The molecule has 1 saturated carbocycles. The molecule has 0 unspecified atom stereocenters. The number of pyridine rings is 1. The molecule has 2 aromatic heterocycles. The van der Waals surface area contributed by atoms with E-state index in [0.717, 1.165) is 34.3 Å². The van der Waals surface area contributed by atoms with Crippen molar-refractivity contribution in [1.82, 2.24) is 20.6 Å². The number of aryl methyl sites for hydroxylation is 1. The SMILES string of the molecule is Cc1ccccc1-c1cnc2[nH]cc(/C=C3\N=C(NCC4CC4)NC3=O)c2c1. The second kappa shape index (κ2) is 6.64. The number of fused-ring (bicyclic) bond motifs is 1. The third kappa shape index (κ3) is 3.17. The molecule has 0 spiro atoms. The number of hydrogen-bond acceptors (Lipinski definition) is 4. The van der Waals surface area contributed by atoms with E-state index in [-0.39, 0.29) is 5.91 Å². The van der Waals surface area contributed by atoms with E-state index >= 15 is 0 Å². The number of rotatable bonds is 4. The smallest absolute Gasteiger partial charge is 0.276 e. The Balaban J connectivity index is 1.49. The van der Waals surface area contributed by atoms with Gasteiger partial charge in [-0.25, -0.2) is 9.98 Å². The van der Waals surface area contributed by atoms with Gasteiger partial charge in [0.25, 0.3) is 5.91 Å². The molecule has 3 heterocycles. The molecule has 1 aromatic carbocycles. The number of aliphatic imine (C=N–C) groups is 1. The van der Waals surface area contributed by atoms with Gasteiger partial charge in [-0.2, -0.15) is 0 Å². The number of hydrogen-bond donors (Lipinski definition) is 3. The zero-order valence-electron chi connectivity index (χ0n) is 15.6. The first-order valence-electron chi connectivity index (χ1n) is 9.56. The highest BCUT2D eigenvalue weighted by Gasteiger charge is 2.24. The Bertz CT molecular complexity index is 1140. The van der Waals surface area contributed by atoms with Crippen LogP contribution in [0.1, 0.15) is 24.0 Å². The second-order valence-electron chi connectivity index (χ2n) is 7.45. The standard InChI is InChI=1S/C22H21N5O/c1-13-4-2-3-5-17(13)15-8-18-16(12-24-20(18)23-11-15)9-19-21(28)27-22(26-19)25-10-14-6-7-14/h2-5,8-9,11-12,14H,6-7,10H2,1H3,(H,23,24)(H2,25,26,27,28)/b19-9-. The fraction of sp³-hybridized carbons (Fsp3) is 0.227. The highest BCUT2D eigenvalue weighted by molar-refractivity contribution is 6.14. The quantitative estimate of drug-likeness (QED) is 0.615. The van der Waals surface area contributed by atoms with Crippen LogP contribution in [0.3, 0.4) is 0 Å². The van der Waals surface area contributed by atoms with Crippen molar-refractivity contribution in [2.75, 3.05) is 6.54 Å². The lowest BCUT2D eigenvalue weighted by Crippen LogP contribution is -2.37. The first-order chi connectivity index (χ1) is 13.7. The molecule has 0 bridgehead atoms. The molecule has 1 aliphatic carbocycles. The van der Waals surface area contributed by atoms with Crippen LogP contribution in [0.15, 0.2) is 53.4 Å². The molecule has 2 aliphatic rings. The molecular weight excluding hydrogens is 350 g/mol. The minimum absolute atomic E-state index is 0.185. The van der Waals surface area contributed by atoms with Crippen LogP contribution in [0.4, 0.5) is 0 Å². The Morgan fingerprint density at radius 1 is 1.29 bits per heavy atom. The molecule has 0 atom stereocenters. The molecule has 6 heteroatoms. The van der Waals surface area contributed by atoms with E-state index in [1.165, 1.54) is 18.4 Å². The highest BCUT2D eigenvalue weighted by Crippen LogP contribution is 2.29. The van der Waals surface area contributed by atoms with E-state index in [9.17, 15) is 4.79 Å². The van der Waals surface area contributed by atoms with Gasteiger partial charge < -0.3 is 10.3 Å². The van der Waals surface area contributed by atoms with Crippen molar-refractivity contribution >= 4 is 29.0 Å². The van der Waals surface area contributed by atoms with Gasteiger partial charge in [-0.15, -0.1) is 0 Å². The van der Waals surface area contributed by atoms with Gasteiger partial charge in [0.1, 0.15) is 11.3 Å². The maximum atomic E-state index is 12.3. The summed E-state index contributed by atoms with van der Waals surface area (Å²) in [5, 5.41) is 6.98. The summed E-state index contributed by atoms with van der Waals surface area (Å²) in [4.78, 5) is 24.4. The van der Waals surface area contributed by atoms with Crippen molar-refractivity contribution in [3.63, 3.8) is 0 Å². The fourth-order valence-electron chi connectivity index (χ4n) is 3.45. The molecule has 5 rings (SSSR count). The van der Waals surface area contributed by atoms with Gasteiger partial charge in [0.2, 0.25) is 5.96 Å². The van der Waals surface area contributed by atoms with Crippen LogP contribution < -0.4 is 10.6 Å². The fourth-order valence-corrected chi connectivity index (χ4v) is 3.45. The molecule has 3 aromatic rings. The number of carbonyl (C=O) groups is 1. The predicted molar refractivity (Wildman–Crippen MR) is 111 cm³/mol. The number of H-pyrrole nitrogens is 1. The van der Waals surface area contributed by atoms with Crippen molar-refractivity contribution in [2.45, 2.75) is 19.8 Å². The van der Waals surface area contributed by atoms with E-state index in [2.05, 4.69) is 50.7 Å². The predicted octanol–water partition coefficient (Wildman–Crippen LogP) is 3.36. The molecule has 1 fully saturated rings. The average Bonchev–Trinajstić information content (AvgIpc) is 3.36. The first kappa shape index (κ1) is 16.7. The van der Waals surface area contributed by atoms with Gasteiger partial charge in [0.15, 0.2) is 0 Å². The Morgan fingerprint density at radius 2 is 2.14 bits per heavy atom. The summed E-state index contributed by atoms with van der Waals surface area (Å²) in [5.41, 5.74) is 5.50. The average molecular weight is 371 g/mol. The van der Waals surface area contributed by atoms with Crippen LogP contribution >= 0.6 is 0 Å². The van der Waals surface area contributed by atoms with Crippen LogP contribution in [0.25, 0.3) is 28.2 Å². The number of carbonyl (C=O) groups excluding carboxylic acids is 1. The van der Waals surface area contributed by atoms with Crippen molar-refractivity contribution in [2.24, 2.45) is 10.9 Å². The van der Waals surface area contributed by atoms with Gasteiger partial charge in [-0.05, 0) is 49.0 Å². The molecule has 0 radical (unpaired) electrons. The Labute approximate surface area is 162 Å². The topological polar surface area (TPSA) is 82.2 Å². The van der Waals surface area contributed by atoms with Crippen LogP contribution in [0, 0.1) is 12.8 Å². The van der Waals surface area contributed by atoms with Crippen LogP contribution in [0.2, 0.25) is 0 Å². The third-order valence-corrected chi connectivity index (χ3v) is 5.26. The molecule has 0 saturated heterocycles. The van der Waals surface area contributed by atoms with Crippen LogP contribution in [0.5, 0.6) is 0 Å². The summed E-state index contributed by atoms with van der Waals surface area (Å²) in [7, 11) is 0. The second-order valence-corrected chi connectivity index (χ2v) is 7.45. The zero-order chi connectivity index (χ0) is 19.1. The number of guanidine groups is 1. The third-order valence-electron chi connectivity index (χ3n) is 5.26. The van der Waals surface area contributed by atoms with E-state index in [0.29, 0.717) is 17.6 Å². The Hall–Kier alpha value is -3.41. The summed E-state index contributed by atoms with van der Waals surface area (Å²) < 4.78 is 0. The van der Waals surface area contributed by atoms with Gasteiger partial charge in [-0.1, -0.05) is 24.3 Å². The maximum absolute atomic E-state index is 12.3. The summed E-state index contributed by atoms with van der Waals surface area (Å²) in [6.45, 7) is 2.95. The first-order valence-corrected chi connectivity index (χ1v) is 9.56. The summed E-state index contributed by atoms with van der Waals surface area (Å²) in [5.74, 6) is 1.07. The van der Waals surface area contributed by atoms with Gasteiger partial charge >= 0.3 is 0 Å². The monoisotopic (exact) mass is 371 g/mol. The van der Waals surface area contributed by atoms with E-state index in [1.54, 1.807) is 0 Å². The summed E-state index contributed by atoms with van der Waals surface area (Å²) >= 11 is 0. The Kier molecular flexibility index (Phi) is 3.97. The van der Waals surface area contributed by atoms with E-state index < -0.39 is 0 Å². The van der Waals surface area contributed by atoms with E-state index in [4.69, 9.17) is 0 Å². The minimum Gasteiger partial charge on any atom is -0.355 e. The lowest BCUT2D eigenvalue weighted by Gasteiger charge is -2.05. The van der Waals surface area contributed by atoms with Crippen molar-refractivity contribution < 1.29 is 4.79 Å². The van der Waals surface area contributed by atoms with Gasteiger partial charge in [0, 0.05) is 35.5 Å². The van der Waals surface area contributed by atoms with Crippen molar-refractivity contribution in [3.05, 3.63) is 59.5 Å². The zero-order valence-corrected chi connectivity index (χ0v) is 15.6. The summed E-state index contributed by atoms with van der Waals surface area (Å²) in [6.07, 6.45) is 8.05. The molecular formula is C22H21N5O. The molecule has 6 nitrogen and oxygen atoms in total. The number of nitrogens with one attached hydrogen (secondary N) is 3. The molecule has 28 heavy (non-hydrogen) atoms. The molecule has 140 valence electrons. The Morgan fingerprint density at radius 3 is 2.96 bits per heavy atom. The maximum Gasteiger partial charge on any atom is 0.276 e. The van der Waals surface area contributed by atoms with Gasteiger partial charge in [-0.3, -0.25) is 10.1 Å². The number of aromatic nitrogens is 2. The molecule has 1 amide bonds. The number of benzene rings is 1. The van der Waals surface area contributed by atoms with E-state index in [1.807, 2.05) is 30.6 Å². The normalized spacial score (nSPS) is 17.8. The number of amides is 1. The molecule has 1 aliphatic heterocycles. The van der Waals surface area contributed by atoms with Crippen LogP contribution in [-0.4, -0.2) is 28.4 Å².